The minimum absolute atomic E-state index is 0.157. The number of anilines is 2. The fourth-order valence-electron chi connectivity index (χ4n) is 2.36. The van der Waals surface area contributed by atoms with E-state index in [-0.39, 0.29) is 17.3 Å². The summed E-state index contributed by atoms with van der Waals surface area (Å²) in [4.78, 5) is 19.9. The van der Waals surface area contributed by atoms with Crippen LogP contribution in [-0.2, 0) is 13.0 Å². The lowest BCUT2D eigenvalue weighted by molar-refractivity contribution is -0.384. The zero-order valence-electron chi connectivity index (χ0n) is 11.0. The lowest BCUT2D eigenvalue weighted by atomic mass is 10.00. The Balaban J connectivity index is 1.88. The fourth-order valence-corrected chi connectivity index (χ4v) is 2.36. The van der Waals surface area contributed by atoms with Gasteiger partial charge >= 0.3 is 5.69 Å². The summed E-state index contributed by atoms with van der Waals surface area (Å²) in [6.07, 6.45) is 1.77. The average molecular weight is 289 g/mol. The Labute approximate surface area is 119 Å². The second kappa shape index (κ2) is 4.97. The van der Waals surface area contributed by atoms with Gasteiger partial charge in [-0.2, -0.15) is 4.98 Å². The van der Waals surface area contributed by atoms with Gasteiger partial charge in [-0.15, -0.1) is 0 Å². The molecule has 1 aromatic heterocycles. The molecule has 1 aliphatic rings. The van der Waals surface area contributed by atoms with Crippen molar-refractivity contribution in [2.75, 3.05) is 17.2 Å². The third kappa shape index (κ3) is 2.47. The number of nitrogens with two attached hydrogens (primary N) is 1. The van der Waals surface area contributed by atoms with E-state index in [2.05, 4.69) is 9.97 Å². The van der Waals surface area contributed by atoms with E-state index in [0.29, 0.717) is 25.5 Å². The summed E-state index contributed by atoms with van der Waals surface area (Å²) in [5.41, 5.74) is 7.22. The molecule has 2 N–H and O–H groups in total. The Bertz CT molecular complexity index is 722. The van der Waals surface area contributed by atoms with E-state index < -0.39 is 4.92 Å². The van der Waals surface area contributed by atoms with Gasteiger partial charge in [0.2, 0.25) is 11.8 Å². The van der Waals surface area contributed by atoms with E-state index in [1.54, 1.807) is 6.07 Å². The molecule has 2 heterocycles. The predicted octanol–water partition coefficient (Wildman–Crippen LogP) is 1.67. The standard InChI is InChI=1S/C13H12FN5O2/c14-10-2-1-9-7-18(4-3-8(9)5-10)13-16-6-11(19(20)21)12(15)17-13/h1-2,5-6H,3-4,7H2,(H2,15,16,17). The maximum atomic E-state index is 13.2. The highest BCUT2D eigenvalue weighted by Crippen LogP contribution is 2.25. The first-order valence-corrected chi connectivity index (χ1v) is 6.34. The van der Waals surface area contributed by atoms with Gasteiger partial charge in [0, 0.05) is 13.1 Å². The number of aromatic nitrogens is 2. The molecule has 0 unspecified atom stereocenters. The summed E-state index contributed by atoms with van der Waals surface area (Å²) in [7, 11) is 0. The number of hydrogen-bond acceptors (Lipinski definition) is 6. The topological polar surface area (TPSA) is 98.2 Å². The van der Waals surface area contributed by atoms with Gasteiger partial charge in [0.1, 0.15) is 12.0 Å². The molecule has 8 heteroatoms. The maximum Gasteiger partial charge on any atom is 0.329 e. The number of halogens is 1. The zero-order valence-corrected chi connectivity index (χ0v) is 11.0. The number of benzene rings is 1. The van der Waals surface area contributed by atoms with Gasteiger partial charge < -0.3 is 10.6 Å². The van der Waals surface area contributed by atoms with E-state index in [0.717, 1.165) is 17.3 Å². The lowest BCUT2D eigenvalue weighted by Gasteiger charge is -2.28. The summed E-state index contributed by atoms with van der Waals surface area (Å²) < 4.78 is 13.2. The number of nitrogens with zero attached hydrogens (tertiary/aromatic N) is 4. The van der Waals surface area contributed by atoms with Crippen LogP contribution in [0.5, 0.6) is 0 Å². The zero-order chi connectivity index (χ0) is 15.0. The van der Waals surface area contributed by atoms with Crippen molar-refractivity contribution in [2.45, 2.75) is 13.0 Å². The molecule has 1 aliphatic heterocycles. The summed E-state index contributed by atoms with van der Waals surface area (Å²) in [5, 5.41) is 10.7. The Morgan fingerprint density at radius 3 is 2.90 bits per heavy atom. The van der Waals surface area contributed by atoms with Gasteiger partial charge in [0.05, 0.1) is 4.92 Å². The molecular formula is C13H12FN5O2. The van der Waals surface area contributed by atoms with E-state index >= 15 is 0 Å². The van der Waals surface area contributed by atoms with Gasteiger partial charge in [-0.05, 0) is 29.7 Å². The molecule has 0 saturated carbocycles. The van der Waals surface area contributed by atoms with Crippen molar-refractivity contribution in [1.29, 1.82) is 0 Å². The second-order valence-corrected chi connectivity index (χ2v) is 4.78. The second-order valence-electron chi connectivity index (χ2n) is 4.78. The average Bonchev–Trinajstić information content (AvgIpc) is 2.46. The van der Waals surface area contributed by atoms with Crippen LogP contribution in [0.15, 0.2) is 24.4 Å². The highest BCUT2D eigenvalue weighted by molar-refractivity contribution is 5.54. The number of hydrogen-bond donors (Lipinski definition) is 1. The van der Waals surface area contributed by atoms with Crippen molar-refractivity contribution < 1.29 is 9.31 Å². The summed E-state index contributed by atoms with van der Waals surface area (Å²) in [6, 6.07) is 4.66. The Morgan fingerprint density at radius 2 is 2.19 bits per heavy atom. The van der Waals surface area contributed by atoms with Crippen LogP contribution in [0.25, 0.3) is 0 Å². The molecular weight excluding hydrogens is 277 g/mol. The molecule has 0 fully saturated rings. The fraction of sp³-hybridized carbons (Fsp3) is 0.231. The van der Waals surface area contributed by atoms with Crippen molar-refractivity contribution in [3.8, 4) is 0 Å². The van der Waals surface area contributed by atoms with Crippen molar-refractivity contribution in [3.63, 3.8) is 0 Å². The van der Waals surface area contributed by atoms with E-state index in [9.17, 15) is 14.5 Å². The van der Waals surface area contributed by atoms with Gasteiger partial charge in [-0.1, -0.05) is 6.07 Å². The van der Waals surface area contributed by atoms with Crippen LogP contribution in [0.3, 0.4) is 0 Å². The molecule has 0 atom stereocenters. The van der Waals surface area contributed by atoms with Crippen molar-refractivity contribution in [3.05, 3.63) is 51.5 Å². The van der Waals surface area contributed by atoms with Crippen LogP contribution < -0.4 is 10.6 Å². The molecule has 0 radical (unpaired) electrons. The van der Waals surface area contributed by atoms with Crippen LogP contribution in [0, 0.1) is 15.9 Å². The number of rotatable bonds is 2. The molecule has 21 heavy (non-hydrogen) atoms. The molecule has 0 saturated heterocycles. The molecule has 108 valence electrons. The Morgan fingerprint density at radius 1 is 1.38 bits per heavy atom. The monoisotopic (exact) mass is 289 g/mol. The Kier molecular flexibility index (Phi) is 3.13. The quantitative estimate of drug-likeness (QED) is 0.667. The van der Waals surface area contributed by atoms with E-state index in [1.807, 2.05) is 4.90 Å². The largest absolute Gasteiger partial charge is 0.378 e. The summed E-state index contributed by atoms with van der Waals surface area (Å²) >= 11 is 0. The molecule has 7 nitrogen and oxygen atoms in total. The highest BCUT2D eigenvalue weighted by atomic mass is 19.1. The first-order chi connectivity index (χ1) is 10.0. The summed E-state index contributed by atoms with van der Waals surface area (Å²) in [6.45, 7) is 1.13. The minimum Gasteiger partial charge on any atom is -0.378 e. The van der Waals surface area contributed by atoms with Gasteiger partial charge in [-0.25, -0.2) is 9.37 Å². The van der Waals surface area contributed by atoms with Crippen molar-refractivity contribution in [1.82, 2.24) is 9.97 Å². The SMILES string of the molecule is Nc1nc(N2CCc3cc(F)ccc3C2)ncc1[N+](=O)[O-]. The molecule has 0 amide bonds. The number of nitrogen functional groups attached to an aromatic ring is 1. The molecule has 0 bridgehead atoms. The Hall–Kier alpha value is -2.77. The van der Waals surface area contributed by atoms with Crippen molar-refractivity contribution >= 4 is 17.5 Å². The molecule has 2 aromatic rings. The molecule has 0 spiro atoms. The normalized spacial score (nSPS) is 13.9. The first kappa shape index (κ1) is 13.2. The lowest BCUT2D eigenvalue weighted by Crippen LogP contribution is -2.32. The van der Waals surface area contributed by atoms with Crippen LogP contribution in [0.1, 0.15) is 11.1 Å². The molecule has 0 aliphatic carbocycles. The van der Waals surface area contributed by atoms with Gasteiger partial charge in [-0.3, -0.25) is 10.1 Å². The number of fused-ring (bicyclic) bond motifs is 1. The molecule has 1 aromatic carbocycles. The maximum absolute atomic E-state index is 13.2. The third-order valence-electron chi connectivity index (χ3n) is 3.45. The highest BCUT2D eigenvalue weighted by Gasteiger charge is 2.21. The third-order valence-corrected chi connectivity index (χ3v) is 3.45. The summed E-state index contributed by atoms with van der Waals surface area (Å²) in [5.74, 6) is -0.0685. The smallest absolute Gasteiger partial charge is 0.329 e. The van der Waals surface area contributed by atoms with Crippen LogP contribution in [0.2, 0.25) is 0 Å². The minimum atomic E-state index is -0.618. The molecule has 3 rings (SSSR count). The van der Waals surface area contributed by atoms with Crippen LogP contribution >= 0.6 is 0 Å². The van der Waals surface area contributed by atoms with E-state index in [1.165, 1.54) is 12.1 Å². The van der Waals surface area contributed by atoms with Crippen LogP contribution in [-0.4, -0.2) is 21.4 Å². The first-order valence-electron chi connectivity index (χ1n) is 6.34. The van der Waals surface area contributed by atoms with Crippen LogP contribution in [0.4, 0.5) is 21.8 Å². The van der Waals surface area contributed by atoms with Gasteiger partial charge in [0.15, 0.2) is 0 Å². The predicted molar refractivity (Wildman–Crippen MR) is 74.3 cm³/mol. The van der Waals surface area contributed by atoms with Crippen molar-refractivity contribution in [2.24, 2.45) is 0 Å². The van der Waals surface area contributed by atoms with E-state index in [4.69, 9.17) is 5.73 Å². The van der Waals surface area contributed by atoms with Gasteiger partial charge in [0.25, 0.3) is 0 Å². The number of nitro groups is 1.